The van der Waals surface area contributed by atoms with Gasteiger partial charge in [0.25, 0.3) is 0 Å². The van der Waals surface area contributed by atoms with Crippen molar-refractivity contribution >= 4 is 12.0 Å². The number of carbonyl (C=O) groups excluding carboxylic acids is 1. The Morgan fingerprint density at radius 1 is 1.09 bits per heavy atom. The van der Waals surface area contributed by atoms with Crippen molar-refractivity contribution in [3.8, 4) is 0 Å². The van der Waals surface area contributed by atoms with Crippen LogP contribution in [0.15, 0.2) is 30.3 Å². The molecule has 122 valence electrons. The molecule has 0 aliphatic carbocycles. The molecule has 0 spiro atoms. The van der Waals surface area contributed by atoms with E-state index >= 15 is 0 Å². The molecule has 3 heteroatoms. The SMILES string of the molecule is Cc1ccc(/C=C/C(=O)OCCOCCCC(C)(C)C)cc1. The van der Waals surface area contributed by atoms with Gasteiger partial charge in [0, 0.05) is 12.7 Å². The van der Waals surface area contributed by atoms with Crippen LogP contribution in [0.2, 0.25) is 0 Å². The highest BCUT2D eigenvalue weighted by Gasteiger charge is 2.08. The second-order valence-corrected chi connectivity index (χ2v) is 6.69. The fraction of sp³-hybridized carbons (Fsp3) is 0.526. The average Bonchev–Trinajstić information content (AvgIpc) is 2.44. The van der Waals surface area contributed by atoms with Gasteiger partial charge in [0.2, 0.25) is 0 Å². The van der Waals surface area contributed by atoms with E-state index in [1.165, 1.54) is 11.6 Å². The van der Waals surface area contributed by atoms with Crippen molar-refractivity contribution in [1.82, 2.24) is 0 Å². The third-order valence-electron chi connectivity index (χ3n) is 3.18. The molecule has 22 heavy (non-hydrogen) atoms. The molecule has 0 amide bonds. The first-order valence-corrected chi connectivity index (χ1v) is 7.86. The van der Waals surface area contributed by atoms with Crippen LogP contribution in [0.4, 0.5) is 0 Å². The summed E-state index contributed by atoms with van der Waals surface area (Å²) in [6.07, 6.45) is 5.37. The van der Waals surface area contributed by atoms with Crippen molar-refractivity contribution in [3.63, 3.8) is 0 Å². The van der Waals surface area contributed by atoms with Gasteiger partial charge in [0.15, 0.2) is 0 Å². The highest BCUT2D eigenvalue weighted by atomic mass is 16.6. The molecular weight excluding hydrogens is 276 g/mol. The van der Waals surface area contributed by atoms with Gasteiger partial charge < -0.3 is 9.47 Å². The largest absolute Gasteiger partial charge is 0.460 e. The number of carbonyl (C=O) groups is 1. The monoisotopic (exact) mass is 304 g/mol. The Hall–Kier alpha value is -1.61. The molecule has 0 saturated carbocycles. The smallest absolute Gasteiger partial charge is 0.330 e. The molecule has 1 aromatic carbocycles. The Labute approximate surface area is 134 Å². The van der Waals surface area contributed by atoms with Crippen molar-refractivity contribution in [1.29, 1.82) is 0 Å². The number of ether oxygens (including phenoxy) is 2. The Morgan fingerprint density at radius 2 is 1.77 bits per heavy atom. The van der Waals surface area contributed by atoms with E-state index in [2.05, 4.69) is 20.8 Å². The van der Waals surface area contributed by atoms with Gasteiger partial charge in [-0.2, -0.15) is 0 Å². The topological polar surface area (TPSA) is 35.5 Å². The normalized spacial score (nSPS) is 11.8. The molecule has 1 aromatic rings. The van der Waals surface area contributed by atoms with Gasteiger partial charge in [-0.05, 0) is 36.8 Å². The van der Waals surface area contributed by atoms with E-state index in [4.69, 9.17) is 9.47 Å². The molecule has 0 aliphatic rings. The molecule has 0 atom stereocenters. The first-order valence-electron chi connectivity index (χ1n) is 7.86. The molecular formula is C19H28O3. The standard InChI is InChI=1S/C19H28O3/c1-16-6-8-17(9-7-16)10-11-18(20)22-15-14-21-13-5-12-19(2,3)4/h6-11H,5,12-15H2,1-4H3/b11-10+. The summed E-state index contributed by atoms with van der Waals surface area (Å²) in [6.45, 7) is 10.2. The number of hydrogen-bond acceptors (Lipinski definition) is 3. The number of hydrogen-bond donors (Lipinski definition) is 0. The fourth-order valence-corrected chi connectivity index (χ4v) is 1.90. The van der Waals surface area contributed by atoms with Crippen molar-refractivity contribution in [2.45, 2.75) is 40.5 Å². The predicted molar refractivity (Wildman–Crippen MR) is 90.7 cm³/mol. The molecule has 0 saturated heterocycles. The first-order chi connectivity index (χ1) is 10.4. The Kier molecular flexibility index (Phi) is 7.89. The van der Waals surface area contributed by atoms with Crippen LogP contribution in [0.3, 0.4) is 0 Å². The summed E-state index contributed by atoms with van der Waals surface area (Å²) < 4.78 is 10.5. The second-order valence-electron chi connectivity index (χ2n) is 6.69. The van der Waals surface area contributed by atoms with Crippen LogP contribution in [0, 0.1) is 12.3 Å². The van der Waals surface area contributed by atoms with Crippen LogP contribution in [0.25, 0.3) is 6.08 Å². The number of rotatable bonds is 8. The van der Waals surface area contributed by atoms with Crippen molar-refractivity contribution in [2.24, 2.45) is 5.41 Å². The Bertz CT molecular complexity index is 466. The number of aryl methyl sites for hydroxylation is 1. The molecule has 0 fully saturated rings. The zero-order chi connectivity index (χ0) is 16.4. The second kappa shape index (κ2) is 9.42. The molecule has 0 N–H and O–H groups in total. The summed E-state index contributed by atoms with van der Waals surface area (Å²) in [4.78, 5) is 11.5. The summed E-state index contributed by atoms with van der Waals surface area (Å²) in [7, 11) is 0. The first kappa shape index (κ1) is 18.4. The molecule has 0 aromatic heterocycles. The van der Waals surface area contributed by atoms with Crippen LogP contribution >= 0.6 is 0 Å². The maximum Gasteiger partial charge on any atom is 0.330 e. The number of esters is 1. The molecule has 0 unspecified atom stereocenters. The van der Waals surface area contributed by atoms with Crippen molar-refractivity contribution in [3.05, 3.63) is 41.5 Å². The van der Waals surface area contributed by atoms with Gasteiger partial charge >= 0.3 is 5.97 Å². The minimum atomic E-state index is -0.334. The van der Waals surface area contributed by atoms with Crippen LogP contribution in [-0.4, -0.2) is 25.8 Å². The molecule has 0 aliphatic heterocycles. The molecule has 0 radical (unpaired) electrons. The lowest BCUT2D eigenvalue weighted by molar-refractivity contribution is -0.139. The van der Waals surface area contributed by atoms with Crippen LogP contribution in [-0.2, 0) is 14.3 Å². The highest BCUT2D eigenvalue weighted by Crippen LogP contribution is 2.20. The lowest BCUT2D eigenvalue weighted by Crippen LogP contribution is -2.11. The van der Waals surface area contributed by atoms with E-state index in [0.717, 1.165) is 18.4 Å². The maximum absolute atomic E-state index is 11.5. The highest BCUT2D eigenvalue weighted by molar-refractivity contribution is 5.87. The predicted octanol–water partition coefficient (Wildman–Crippen LogP) is 4.39. The summed E-state index contributed by atoms with van der Waals surface area (Å²) in [5.41, 5.74) is 2.53. The lowest BCUT2D eigenvalue weighted by Gasteiger charge is -2.17. The third-order valence-corrected chi connectivity index (χ3v) is 3.18. The van der Waals surface area contributed by atoms with E-state index in [1.54, 1.807) is 6.08 Å². The maximum atomic E-state index is 11.5. The zero-order valence-electron chi connectivity index (χ0n) is 14.2. The minimum Gasteiger partial charge on any atom is -0.460 e. The molecule has 3 nitrogen and oxygen atoms in total. The van der Waals surface area contributed by atoms with Gasteiger partial charge in [-0.25, -0.2) is 4.79 Å². The molecule has 0 bridgehead atoms. The quantitative estimate of drug-likeness (QED) is 0.406. The summed E-state index contributed by atoms with van der Waals surface area (Å²) in [6, 6.07) is 7.96. The zero-order valence-corrected chi connectivity index (χ0v) is 14.2. The van der Waals surface area contributed by atoms with Crippen LogP contribution < -0.4 is 0 Å². The van der Waals surface area contributed by atoms with E-state index in [1.807, 2.05) is 31.2 Å². The van der Waals surface area contributed by atoms with Gasteiger partial charge in [0.05, 0.1) is 6.61 Å². The molecule has 1 rings (SSSR count). The summed E-state index contributed by atoms with van der Waals surface area (Å²) in [5.74, 6) is -0.334. The van der Waals surface area contributed by atoms with Crippen molar-refractivity contribution in [2.75, 3.05) is 19.8 Å². The Morgan fingerprint density at radius 3 is 2.41 bits per heavy atom. The van der Waals surface area contributed by atoms with Crippen molar-refractivity contribution < 1.29 is 14.3 Å². The van der Waals surface area contributed by atoms with Gasteiger partial charge in [0.1, 0.15) is 6.61 Å². The van der Waals surface area contributed by atoms with Gasteiger partial charge in [-0.15, -0.1) is 0 Å². The minimum absolute atomic E-state index is 0.298. The van der Waals surface area contributed by atoms with Gasteiger partial charge in [-0.3, -0.25) is 0 Å². The fourth-order valence-electron chi connectivity index (χ4n) is 1.90. The van der Waals surface area contributed by atoms with E-state index < -0.39 is 0 Å². The van der Waals surface area contributed by atoms with Gasteiger partial charge in [-0.1, -0.05) is 50.6 Å². The molecule has 0 heterocycles. The van der Waals surface area contributed by atoms with E-state index in [9.17, 15) is 4.79 Å². The average molecular weight is 304 g/mol. The van der Waals surface area contributed by atoms with E-state index in [-0.39, 0.29) is 5.97 Å². The Balaban J connectivity index is 2.10. The lowest BCUT2D eigenvalue weighted by atomic mass is 9.91. The summed E-state index contributed by atoms with van der Waals surface area (Å²) in [5, 5.41) is 0. The van der Waals surface area contributed by atoms with Crippen LogP contribution in [0.1, 0.15) is 44.7 Å². The van der Waals surface area contributed by atoms with Crippen LogP contribution in [0.5, 0.6) is 0 Å². The third kappa shape index (κ3) is 9.35. The summed E-state index contributed by atoms with van der Waals surface area (Å²) >= 11 is 0. The number of benzene rings is 1. The van der Waals surface area contributed by atoms with E-state index in [0.29, 0.717) is 25.2 Å².